The molecule has 2 amide bonds. The number of anilines is 2. The first-order valence-electron chi connectivity index (χ1n) is 19.5. The molecule has 0 unspecified atom stereocenters. The van der Waals surface area contributed by atoms with E-state index in [-0.39, 0.29) is 23.8 Å². The molecule has 6 rings (SSSR count). The number of alkyl halides is 3. The second-order valence-corrected chi connectivity index (χ2v) is 14.3. The Morgan fingerprint density at radius 3 is 2.25 bits per heavy atom. The molecular weight excluding hydrogens is 706 g/mol. The van der Waals surface area contributed by atoms with E-state index in [4.69, 9.17) is 9.72 Å². The van der Waals surface area contributed by atoms with Crippen molar-refractivity contribution in [3.63, 3.8) is 0 Å². The molecule has 2 aliphatic rings. The molecule has 12 heteroatoms. The highest BCUT2D eigenvalue weighted by atomic mass is 19.4. The number of amides is 2. The Morgan fingerprint density at radius 1 is 0.891 bits per heavy atom. The van der Waals surface area contributed by atoms with Gasteiger partial charge in [0, 0.05) is 50.2 Å². The summed E-state index contributed by atoms with van der Waals surface area (Å²) in [6, 6.07) is 22.1. The predicted octanol–water partition coefficient (Wildman–Crippen LogP) is 8.40. The Hall–Kier alpha value is -4.97. The first kappa shape index (κ1) is 39.7. The molecule has 1 N–H and O–H groups in total. The lowest BCUT2D eigenvalue weighted by molar-refractivity contribution is -0.137. The van der Waals surface area contributed by atoms with Gasteiger partial charge < -0.3 is 24.8 Å². The van der Waals surface area contributed by atoms with Gasteiger partial charge in [-0.15, -0.1) is 0 Å². The number of hydrogen-bond donors (Lipinski definition) is 1. The fourth-order valence-corrected chi connectivity index (χ4v) is 7.35. The van der Waals surface area contributed by atoms with Crippen molar-refractivity contribution in [1.82, 2.24) is 20.2 Å². The maximum atomic E-state index is 14.1. The summed E-state index contributed by atoms with van der Waals surface area (Å²) in [4.78, 5) is 43.2. The Bertz CT molecular complexity index is 1860. The van der Waals surface area contributed by atoms with Gasteiger partial charge in [-0.25, -0.2) is 4.98 Å². The number of hydrogen-bond acceptors (Lipinski definition) is 7. The normalized spacial score (nSPS) is 15.3. The van der Waals surface area contributed by atoms with Crippen LogP contribution in [-0.4, -0.2) is 72.1 Å². The molecule has 2 fully saturated rings. The number of nitrogens with one attached hydrogen (secondary N) is 1. The summed E-state index contributed by atoms with van der Waals surface area (Å²) >= 11 is 0. The fourth-order valence-electron chi connectivity index (χ4n) is 7.35. The van der Waals surface area contributed by atoms with Gasteiger partial charge in [-0.3, -0.25) is 9.59 Å². The zero-order chi connectivity index (χ0) is 38.8. The topological polar surface area (TPSA) is 90.9 Å². The second-order valence-electron chi connectivity index (χ2n) is 14.3. The second kappa shape index (κ2) is 18.6. The van der Waals surface area contributed by atoms with Gasteiger partial charge in [0.25, 0.3) is 5.91 Å². The molecule has 55 heavy (non-hydrogen) atoms. The lowest BCUT2D eigenvalue weighted by Crippen LogP contribution is -2.45. The standard InChI is InChI=1S/C43H51F3N6O3/c1-3-51(29-31-13-6-5-7-14-31)39-38(41(55-4-2)48-30-47-39)52(42(54)33-15-12-16-33)26-11-10-25-50-27-23-35(24-28-50)49-40(53)37-18-9-8-17-36(37)32-19-21-34(22-20-32)43(44,45)46/h5-9,13-14,17-22,30,33,35H,3-4,10-12,15-16,23-29H2,1-2H3,(H,49,53). The number of benzene rings is 3. The molecule has 0 spiro atoms. The summed E-state index contributed by atoms with van der Waals surface area (Å²) < 4.78 is 45.4. The third-order valence-electron chi connectivity index (χ3n) is 10.7. The molecule has 0 atom stereocenters. The molecule has 292 valence electrons. The number of ether oxygens (including phenoxy) is 1. The molecule has 0 bridgehead atoms. The van der Waals surface area contributed by atoms with Crippen LogP contribution in [0.15, 0.2) is 85.2 Å². The van der Waals surface area contributed by atoms with E-state index in [1.807, 2.05) is 30.0 Å². The van der Waals surface area contributed by atoms with Crippen LogP contribution in [0.25, 0.3) is 11.1 Å². The Labute approximate surface area is 321 Å². The van der Waals surface area contributed by atoms with Crippen molar-refractivity contribution in [3.8, 4) is 17.0 Å². The number of unbranched alkanes of at least 4 members (excludes halogenated alkanes) is 1. The van der Waals surface area contributed by atoms with Crippen LogP contribution in [-0.2, 0) is 17.5 Å². The third-order valence-corrected chi connectivity index (χ3v) is 10.7. The van der Waals surface area contributed by atoms with Crippen molar-refractivity contribution in [2.45, 2.75) is 77.6 Å². The molecule has 1 saturated heterocycles. The number of likely N-dealkylation sites (tertiary alicyclic amines) is 1. The summed E-state index contributed by atoms with van der Waals surface area (Å²) in [5.41, 5.74) is 2.66. The van der Waals surface area contributed by atoms with Gasteiger partial charge in [0.2, 0.25) is 11.8 Å². The maximum Gasteiger partial charge on any atom is 0.416 e. The lowest BCUT2D eigenvalue weighted by Gasteiger charge is -2.35. The van der Waals surface area contributed by atoms with Crippen molar-refractivity contribution in [2.24, 2.45) is 5.92 Å². The molecule has 1 aliphatic carbocycles. The van der Waals surface area contributed by atoms with Crippen LogP contribution < -0.4 is 19.9 Å². The van der Waals surface area contributed by atoms with Crippen molar-refractivity contribution in [2.75, 3.05) is 49.1 Å². The Morgan fingerprint density at radius 2 is 1.60 bits per heavy atom. The van der Waals surface area contributed by atoms with Gasteiger partial charge in [-0.05, 0) is 93.8 Å². The number of nitrogens with zero attached hydrogens (tertiary/aromatic N) is 5. The van der Waals surface area contributed by atoms with E-state index in [1.54, 1.807) is 24.3 Å². The number of aromatic nitrogens is 2. The van der Waals surface area contributed by atoms with Gasteiger partial charge in [0.1, 0.15) is 12.0 Å². The molecule has 0 radical (unpaired) electrons. The van der Waals surface area contributed by atoms with Gasteiger partial charge >= 0.3 is 6.18 Å². The molecule has 1 saturated carbocycles. The van der Waals surface area contributed by atoms with Crippen LogP contribution in [0.2, 0.25) is 0 Å². The minimum atomic E-state index is -4.42. The summed E-state index contributed by atoms with van der Waals surface area (Å²) in [6.07, 6.45) is 3.18. The predicted molar refractivity (Wildman–Crippen MR) is 209 cm³/mol. The zero-order valence-corrected chi connectivity index (χ0v) is 31.7. The minimum absolute atomic E-state index is 0.00844. The summed E-state index contributed by atoms with van der Waals surface area (Å²) in [5.74, 6) is 0.992. The quantitative estimate of drug-likeness (QED) is 0.115. The highest BCUT2D eigenvalue weighted by Gasteiger charge is 2.35. The van der Waals surface area contributed by atoms with E-state index >= 15 is 0 Å². The van der Waals surface area contributed by atoms with Crippen LogP contribution >= 0.6 is 0 Å². The molecule has 4 aromatic rings. The van der Waals surface area contributed by atoms with Crippen molar-refractivity contribution in [3.05, 3.63) is 102 Å². The highest BCUT2D eigenvalue weighted by Crippen LogP contribution is 2.39. The van der Waals surface area contributed by atoms with E-state index in [1.165, 1.54) is 18.5 Å². The Kier molecular flexibility index (Phi) is 13.4. The average molecular weight is 757 g/mol. The summed E-state index contributed by atoms with van der Waals surface area (Å²) in [7, 11) is 0. The van der Waals surface area contributed by atoms with Crippen molar-refractivity contribution < 1.29 is 27.5 Å². The maximum absolute atomic E-state index is 14.1. The zero-order valence-electron chi connectivity index (χ0n) is 31.7. The number of halogens is 3. The summed E-state index contributed by atoms with van der Waals surface area (Å²) in [5, 5.41) is 3.17. The number of piperidine rings is 1. The Balaban J connectivity index is 1.06. The lowest BCUT2D eigenvalue weighted by atomic mass is 9.84. The van der Waals surface area contributed by atoms with Gasteiger partial charge in [0.15, 0.2) is 5.82 Å². The van der Waals surface area contributed by atoms with E-state index in [2.05, 4.69) is 39.2 Å². The molecule has 9 nitrogen and oxygen atoms in total. The van der Waals surface area contributed by atoms with E-state index < -0.39 is 11.7 Å². The smallest absolute Gasteiger partial charge is 0.416 e. The van der Waals surface area contributed by atoms with E-state index in [0.717, 1.165) is 82.3 Å². The van der Waals surface area contributed by atoms with Gasteiger partial charge in [0.05, 0.1) is 12.2 Å². The van der Waals surface area contributed by atoms with Crippen molar-refractivity contribution >= 4 is 23.3 Å². The number of rotatable bonds is 16. The molecule has 2 heterocycles. The third kappa shape index (κ3) is 10.0. The van der Waals surface area contributed by atoms with Crippen LogP contribution in [0.1, 0.15) is 80.3 Å². The van der Waals surface area contributed by atoms with Gasteiger partial charge in [-0.2, -0.15) is 18.2 Å². The SMILES string of the molecule is CCOc1ncnc(N(CC)Cc2ccccc2)c1N(CCCCN1CCC(NC(=O)c2ccccc2-c2ccc(C(F)(F)F)cc2)CC1)C(=O)C1CCC1. The molecule has 1 aliphatic heterocycles. The number of carbonyl (C=O) groups excluding carboxylic acids is 2. The minimum Gasteiger partial charge on any atom is -0.476 e. The number of carbonyl (C=O) groups is 2. The van der Waals surface area contributed by atoms with Crippen LogP contribution in [0.3, 0.4) is 0 Å². The first-order chi connectivity index (χ1) is 26.7. The van der Waals surface area contributed by atoms with Crippen LogP contribution in [0, 0.1) is 5.92 Å². The van der Waals surface area contributed by atoms with E-state index in [0.29, 0.717) is 60.3 Å². The summed E-state index contributed by atoms with van der Waals surface area (Å²) in [6.45, 7) is 8.81. The first-order valence-corrected chi connectivity index (χ1v) is 19.5. The van der Waals surface area contributed by atoms with E-state index in [9.17, 15) is 22.8 Å². The fraction of sp³-hybridized carbons (Fsp3) is 0.442. The van der Waals surface area contributed by atoms with Crippen LogP contribution in [0.5, 0.6) is 5.88 Å². The van der Waals surface area contributed by atoms with Gasteiger partial charge in [-0.1, -0.05) is 67.1 Å². The molecular formula is C43H51F3N6O3. The van der Waals surface area contributed by atoms with Crippen molar-refractivity contribution in [1.29, 1.82) is 0 Å². The molecule has 3 aromatic carbocycles. The largest absolute Gasteiger partial charge is 0.476 e. The highest BCUT2D eigenvalue weighted by molar-refractivity contribution is 6.01. The average Bonchev–Trinajstić information content (AvgIpc) is 3.17. The molecule has 1 aromatic heterocycles. The monoisotopic (exact) mass is 756 g/mol. The van der Waals surface area contributed by atoms with Crippen LogP contribution in [0.4, 0.5) is 24.7 Å².